The number of nitrogens with one attached hydrogen (secondary N) is 1. The fraction of sp³-hybridized carbons (Fsp3) is 0.909. The molecule has 0 bridgehead atoms. The predicted octanol–water partition coefficient (Wildman–Crippen LogP) is 0.678. The average Bonchev–Trinajstić information content (AvgIpc) is 2.91. The molecule has 0 aromatic rings. The van der Waals surface area contributed by atoms with Crippen molar-refractivity contribution in [3.05, 3.63) is 0 Å². The Morgan fingerprint density at radius 1 is 1.53 bits per heavy atom. The summed E-state index contributed by atoms with van der Waals surface area (Å²) in [5, 5.41) is 12.2. The molecule has 0 spiro atoms. The summed E-state index contributed by atoms with van der Waals surface area (Å²) in [4.78, 5) is 13.3. The maximum absolute atomic E-state index is 10.9. The molecular weight excluding hydrogens is 192 g/mol. The van der Waals surface area contributed by atoms with Crippen molar-refractivity contribution in [3.8, 4) is 0 Å². The SMILES string of the molecule is CCCN(C1CC1)C1(CC(=O)O)CNC1. The minimum absolute atomic E-state index is 0.0803. The molecule has 0 atom stereocenters. The summed E-state index contributed by atoms with van der Waals surface area (Å²) < 4.78 is 0. The zero-order valence-corrected chi connectivity index (χ0v) is 9.33. The topological polar surface area (TPSA) is 52.6 Å². The Hall–Kier alpha value is -0.610. The monoisotopic (exact) mass is 212 g/mol. The molecule has 1 saturated heterocycles. The van der Waals surface area contributed by atoms with Gasteiger partial charge < -0.3 is 10.4 Å². The van der Waals surface area contributed by atoms with Crippen LogP contribution >= 0.6 is 0 Å². The van der Waals surface area contributed by atoms with E-state index in [-0.39, 0.29) is 12.0 Å². The number of carboxylic acid groups (broad SMARTS) is 1. The quantitative estimate of drug-likeness (QED) is 0.680. The van der Waals surface area contributed by atoms with Crippen LogP contribution in [0.5, 0.6) is 0 Å². The van der Waals surface area contributed by atoms with Crippen molar-refractivity contribution in [1.82, 2.24) is 10.2 Å². The van der Waals surface area contributed by atoms with Crippen molar-refractivity contribution in [3.63, 3.8) is 0 Å². The van der Waals surface area contributed by atoms with Crippen LogP contribution in [-0.4, -0.2) is 47.2 Å². The highest BCUT2D eigenvalue weighted by Crippen LogP contribution is 2.36. The third-order valence-electron chi connectivity index (χ3n) is 3.45. The van der Waals surface area contributed by atoms with E-state index in [1.807, 2.05) is 0 Å². The van der Waals surface area contributed by atoms with Gasteiger partial charge in [0.2, 0.25) is 0 Å². The van der Waals surface area contributed by atoms with E-state index in [9.17, 15) is 4.79 Å². The van der Waals surface area contributed by atoms with Gasteiger partial charge in [-0.2, -0.15) is 0 Å². The summed E-state index contributed by atoms with van der Waals surface area (Å²) in [6, 6.07) is 0.659. The lowest BCUT2D eigenvalue weighted by Crippen LogP contribution is -2.70. The second kappa shape index (κ2) is 4.10. The van der Waals surface area contributed by atoms with Crippen LogP contribution in [0.2, 0.25) is 0 Å². The normalized spacial score (nSPS) is 23.9. The molecule has 2 rings (SSSR count). The van der Waals surface area contributed by atoms with Crippen LogP contribution in [0.1, 0.15) is 32.6 Å². The van der Waals surface area contributed by atoms with Crippen LogP contribution in [0.15, 0.2) is 0 Å². The number of aliphatic carboxylic acids is 1. The molecule has 1 aliphatic heterocycles. The first-order valence-electron chi connectivity index (χ1n) is 5.87. The van der Waals surface area contributed by atoms with E-state index < -0.39 is 5.97 Å². The zero-order valence-electron chi connectivity index (χ0n) is 9.33. The maximum atomic E-state index is 10.9. The molecule has 2 N–H and O–H groups in total. The molecule has 15 heavy (non-hydrogen) atoms. The van der Waals surface area contributed by atoms with Crippen LogP contribution in [0.3, 0.4) is 0 Å². The Balaban J connectivity index is 2.04. The van der Waals surface area contributed by atoms with Gasteiger partial charge in [0.15, 0.2) is 0 Å². The highest BCUT2D eigenvalue weighted by atomic mass is 16.4. The third kappa shape index (κ3) is 2.16. The van der Waals surface area contributed by atoms with Crippen LogP contribution in [0, 0.1) is 0 Å². The number of hydrogen-bond acceptors (Lipinski definition) is 3. The Kier molecular flexibility index (Phi) is 2.98. The number of carbonyl (C=O) groups is 1. The number of hydrogen-bond donors (Lipinski definition) is 2. The van der Waals surface area contributed by atoms with Crippen molar-refractivity contribution in [1.29, 1.82) is 0 Å². The fourth-order valence-electron chi connectivity index (χ4n) is 2.56. The molecule has 4 nitrogen and oxygen atoms in total. The number of rotatable bonds is 6. The second-order valence-corrected chi connectivity index (χ2v) is 4.82. The Morgan fingerprint density at radius 2 is 2.20 bits per heavy atom. The summed E-state index contributed by atoms with van der Waals surface area (Å²) in [6.45, 7) is 4.89. The van der Waals surface area contributed by atoms with E-state index >= 15 is 0 Å². The number of nitrogens with zero attached hydrogens (tertiary/aromatic N) is 1. The highest BCUT2D eigenvalue weighted by molar-refractivity contribution is 5.69. The van der Waals surface area contributed by atoms with E-state index in [2.05, 4.69) is 17.1 Å². The molecule has 0 aromatic heterocycles. The van der Waals surface area contributed by atoms with Crippen molar-refractivity contribution in [2.75, 3.05) is 19.6 Å². The smallest absolute Gasteiger partial charge is 0.305 e. The average molecular weight is 212 g/mol. The molecule has 86 valence electrons. The van der Waals surface area contributed by atoms with Gasteiger partial charge in [-0.15, -0.1) is 0 Å². The van der Waals surface area contributed by atoms with Crippen molar-refractivity contribution in [2.24, 2.45) is 0 Å². The first kappa shape index (κ1) is 10.9. The Bertz CT molecular complexity index is 247. The predicted molar refractivity (Wildman–Crippen MR) is 57.9 cm³/mol. The van der Waals surface area contributed by atoms with Crippen LogP contribution < -0.4 is 5.32 Å². The van der Waals surface area contributed by atoms with Gasteiger partial charge in [-0.3, -0.25) is 9.69 Å². The van der Waals surface area contributed by atoms with Gasteiger partial charge in [-0.25, -0.2) is 0 Å². The minimum atomic E-state index is -0.668. The van der Waals surface area contributed by atoms with Gasteiger partial charge in [-0.1, -0.05) is 6.92 Å². The summed E-state index contributed by atoms with van der Waals surface area (Å²) in [6.07, 6.45) is 3.90. The van der Waals surface area contributed by atoms with Crippen molar-refractivity contribution >= 4 is 5.97 Å². The van der Waals surface area contributed by atoms with Crippen LogP contribution in [-0.2, 0) is 4.79 Å². The molecule has 0 amide bonds. The van der Waals surface area contributed by atoms with E-state index in [0.717, 1.165) is 26.1 Å². The van der Waals surface area contributed by atoms with Crippen molar-refractivity contribution < 1.29 is 9.90 Å². The Morgan fingerprint density at radius 3 is 2.53 bits per heavy atom. The third-order valence-corrected chi connectivity index (χ3v) is 3.45. The molecule has 0 radical (unpaired) electrons. The molecule has 2 fully saturated rings. The molecule has 1 saturated carbocycles. The lowest BCUT2D eigenvalue weighted by Gasteiger charge is -2.50. The Labute approximate surface area is 90.6 Å². The van der Waals surface area contributed by atoms with Gasteiger partial charge in [0.05, 0.1) is 12.0 Å². The molecule has 1 aliphatic carbocycles. The molecule has 4 heteroatoms. The van der Waals surface area contributed by atoms with E-state index in [4.69, 9.17) is 5.11 Å². The van der Waals surface area contributed by atoms with E-state index in [1.165, 1.54) is 12.8 Å². The van der Waals surface area contributed by atoms with Crippen LogP contribution in [0.4, 0.5) is 0 Å². The molecule has 1 heterocycles. The van der Waals surface area contributed by atoms with Gasteiger partial charge in [0.25, 0.3) is 0 Å². The minimum Gasteiger partial charge on any atom is -0.481 e. The molecule has 0 aromatic carbocycles. The first-order chi connectivity index (χ1) is 7.18. The van der Waals surface area contributed by atoms with Crippen molar-refractivity contribution in [2.45, 2.75) is 44.2 Å². The summed E-state index contributed by atoms with van der Waals surface area (Å²) in [5.41, 5.74) is -0.0803. The number of carboxylic acids is 1. The molecule has 2 aliphatic rings. The highest BCUT2D eigenvalue weighted by Gasteiger charge is 2.48. The van der Waals surface area contributed by atoms with Gasteiger partial charge in [0.1, 0.15) is 0 Å². The summed E-state index contributed by atoms with van der Waals surface area (Å²) >= 11 is 0. The van der Waals surface area contributed by atoms with Crippen LogP contribution in [0.25, 0.3) is 0 Å². The summed E-state index contributed by atoms with van der Waals surface area (Å²) in [7, 11) is 0. The first-order valence-corrected chi connectivity index (χ1v) is 5.87. The lowest BCUT2D eigenvalue weighted by molar-refractivity contribution is -0.142. The zero-order chi connectivity index (χ0) is 10.9. The fourth-order valence-corrected chi connectivity index (χ4v) is 2.56. The van der Waals surface area contributed by atoms with E-state index in [0.29, 0.717) is 6.04 Å². The standard InChI is InChI=1S/C11H20N2O2/c1-2-5-13(9-3-4-9)11(6-10(14)15)7-12-8-11/h9,12H,2-8H2,1H3,(H,14,15). The molecular formula is C11H20N2O2. The van der Waals surface area contributed by atoms with E-state index in [1.54, 1.807) is 0 Å². The largest absolute Gasteiger partial charge is 0.481 e. The van der Waals surface area contributed by atoms with Gasteiger partial charge in [-0.05, 0) is 25.8 Å². The second-order valence-electron chi connectivity index (χ2n) is 4.82. The van der Waals surface area contributed by atoms with Gasteiger partial charge >= 0.3 is 5.97 Å². The lowest BCUT2D eigenvalue weighted by atomic mass is 9.86. The van der Waals surface area contributed by atoms with Gasteiger partial charge in [0, 0.05) is 19.1 Å². The molecule has 0 unspecified atom stereocenters. The maximum Gasteiger partial charge on any atom is 0.305 e. The summed E-state index contributed by atoms with van der Waals surface area (Å²) in [5.74, 6) is -0.668.